The molecule has 4 amide bonds. The molecule has 4 heterocycles. The topological polar surface area (TPSA) is 113 Å². The third kappa shape index (κ3) is 4.86. The van der Waals surface area contributed by atoms with Gasteiger partial charge in [0.2, 0.25) is 23.6 Å². The average Bonchev–Trinajstić information content (AvgIpc) is 3.86. The summed E-state index contributed by atoms with van der Waals surface area (Å²) in [6, 6.07) is 26.0. The molecule has 2 aromatic heterocycles. The SMILES string of the molecule is Cc1c(-c2cc(N3C(=O)[C@@H]4C[C@@H]5C(=CC[C@@H]6C(=O)N(c7ccc(I)cc7)C(=O)[C@@H]65)[C@H](c5c(O)ccc6ccccc56)[C@]4(C)C3=O)n(C)n2)sc2ccc(Cl)cc12. The first kappa shape index (κ1) is 35.6. The van der Waals surface area contributed by atoms with Gasteiger partial charge >= 0.3 is 0 Å². The normalized spacial score (nSPS) is 25.9. The van der Waals surface area contributed by atoms with E-state index in [4.69, 9.17) is 16.7 Å². The fourth-order valence-electron chi connectivity index (χ4n) is 10.2. The molecule has 6 atom stereocenters. The summed E-state index contributed by atoms with van der Waals surface area (Å²) in [6.07, 6.45) is 2.52. The van der Waals surface area contributed by atoms with Gasteiger partial charge in [0.05, 0.1) is 33.7 Å². The van der Waals surface area contributed by atoms with Gasteiger partial charge in [-0.15, -0.1) is 11.3 Å². The van der Waals surface area contributed by atoms with Gasteiger partial charge in [-0.3, -0.25) is 28.8 Å². The molecule has 2 aliphatic heterocycles. The maximum Gasteiger partial charge on any atom is 0.242 e. The van der Waals surface area contributed by atoms with Crippen LogP contribution in [-0.4, -0.2) is 38.5 Å². The molecule has 0 spiro atoms. The van der Waals surface area contributed by atoms with Crippen LogP contribution in [0.3, 0.4) is 0 Å². The zero-order chi connectivity index (χ0) is 38.9. The van der Waals surface area contributed by atoms with E-state index in [1.807, 2.05) is 80.6 Å². The molecule has 12 heteroatoms. The Morgan fingerprint density at radius 3 is 2.45 bits per heavy atom. The van der Waals surface area contributed by atoms with Crippen LogP contribution in [0.4, 0.5) is 11.5 Å². The number of rotatable bonds is 4. The Kier molecular flexibility index (Phi) is 7.98. The molecule has 1 saturated carbocycles. The second-order valence-electron chi connectivity index (χ2n) is 15.6. The Hall–Kier alpha value is -4.85. The van der Waals surface area contributed by atoms with E-state index in [-0.39, 0.29) is 29.9 Å². The fourth-order valence-corrected chi connectivity index (χ4v) is 11.9. The number of fused-ring (bicyclic) bond motifs is 6. The van der Waals surface area contributed by atoms with Gasteiger partial charge in [0.15, 0.2) is 0 Å². The van der Waals surface area contributed by atoms with Crippen molar-refractivity contribution >= 4 is 102 Å². The van der Waals surface area contributed by atoms with Crippen molar-refractivity contribution < 1.29 is 24.3 Å². The summed E-state index contributed by atoms with van der Waals surface area (Å²) in [7, 11) is 1.73. The standard InChI is InChI=1S/C44H34ClIN4O5S/c1-21-29-18-23(45)9-17-34(29)56-39(21)32-20-35(48(3)47-32)50-41(53)31-19-30-27(14-15-28-36(30)42(54)49(40(28)52)25-12-10-24(46)11-13-25)38(44(31,2)43(50)55)37-26-7-5-4-6-22(26)8-16-33(37)51/h4-14,16-18,20,28,30-31,36,38,51H,15,19H2,1-3H3/t28-,30+,31-,36-,38+,44+/m0/s1. The Morgan fingerprint density at radius 1 is 0.893 bits per heavy atom. The van der Waals surface area contributed by atoms with E-state index >= 15 is 9.59 Å². The van der Waals surface area contributed by atoms with Gasteiger partial charge in [0.25, 0.3) is 0 Å². The Bertz CT molecular complexity index is 2780. The fraction of sp³-hybridized carbons (Fsp3) is 0.250. The number of anilines is 2. The molecule has 2 aliphatic carbocycles. The zero-order valence-electron chi connectivity index (χ0n) is 30.5. The second-order valence-corrected chi connectivity index (χ2v) is 18.3. The molecule has 1 N–H and O–H groups in total. The van der Waals surface area contributed by atoms with Crippen molar-refractivity contribution in [3.05, 3.63) is 116 Å². The number of aromatic hydroxyl groups is 1. The van der Waals surface area contributed by atoms with Crippen LogP contribution in [0.25, 0.3) is 31.4 Å². The molecule has 0 bridgehead atoms. The Labute approximate surface area is 344 Å². The Balaban J connectivity index is 1.12. The first-order chi connectivity index (χ1) is 26.9. The summed E-state index contributed by atoms with van der Waals surface area (Å²) in [5.74, 6) is -4.47. The van der Waals surface area contributed by atoms with E-state index in [1.165, 1.54) is 9.80 Å². The van der Waals surface area contributed by atoms with Crippen LogP contribution in [0.1, 0.15) is 36.8 Å². The van der Waals surface area contributed by atoms with Gasteiger partial charge < -0.3 is 5.11 Å². The number of aromatic nitrogens is 2. The molecule has 10 rings (SSSR count). The Morgan fingerprint density at radius 2 is 1.66 bits per heavy atom. The van der Waals surface area contributed by atoms with Crippen molar-refractivity contribution in [1.29, 1.82) is 0 Å². The first-order valence-corrected chi connectivity index (χ1v) is 20.8. The maximum absolute atomic E-state index is 15.3. The number of thiophene rings is 1. The minimum atomic E-state index is -1.34. The maximum atomic E-state index is 15.3. The highest BCUT2D eigenvalue weighted by atomic mass is 127. The average molecular weight is 893 g/mol. The number of carbonyl (C=O) groups is 4. The molecule has 9 nitrogen and oxygen atoms in total. The summed E-state index contributed by atoms with van der Waals surface area (Å²) in [5.41, 5.74) is 2.17. The lowest BCUT2D eigenvalue weighted by Gasteiger charge is -2.49. The van der Waals surface area contributed by atoms with Gasteiger partial charge in [-0.1, -0.05) is 53.6 Å². The van der Waals surface area contributed by atoms with Crippen molar-refractivity contribution in [2.45, 2.75) is 32.6 Å². The summed E-state index contributed by atoms with van der Waals surface area (Å²) in [4.78, 5) is 62.5. The van der Waals surface area contributed by atoms with Crippen LogP contribution >= 0.6 is 45.5 Å². The number of hydrogen-bond acceptors (Lipinski definition) is 7. The summed E-state index contributed by atoms with van der Waals surface area (Å²) in [5, 5.41) is 19.9. The molecule has 56 heavy (non-hydrogen) atoms. The highest BCUT2D eigenvalue weighted by Gasteiger charge is 2.68. The number of nitrogens with zero attached hydrogens (tertiary/aromatic N) is 4. The minimum Gasteiger partial charge on any atom is -0.508 e. The van der Waals surface area contributed by atoms with Crippen LogP contribution in [0, 0.1) is 39.6 Å². The molecular formula is C44H34ClIN4O5S. The molecule has 6 aromatic rings. The summed E-state index contributed by atoms with van der Waals surface area (Å²) < 4.78 is 3.61. The third-order valence-electron chi connectivity index (χ3n) is 12.8. The summed E-state index contributed by atoms with van der Waals surface area (Å²) in [6.45, 7) is 3.85. The van der Waals surface area contributed by atoms with E-state index in [2.05, 4.69) is 22.6 Å². The highest BCUT2D eigenvalue weighted by Crippen LogP contribution is 2.65. The van der Waals surface area contributed by atoms with Gasteiger partial charge in [-0.05, 0) is 125 Å². The molecule has 4 aromatic carbocycles. The predicted molar refractivity (Wildman–Crippen MR) is 226 cm³/mol. The van der Waals surface area contributed by atoms with E-state index < -0.39 is 40.9 Å². The number of carbonyl (C=O) groups excluding carboxylic acids is 4. The van der Waals surface area contributed by atoms with Gasteiger partial charge in [-0.2, -0.15) is 5.10 Å². The number of benzene rings is 4. The van der Waals surface area contributed by atoms with E-state index in [0.29, 0.717) is 34.2 Å². The predicted octanol–water partition coefficient (Wildman–Crippen LogP) is 9.16. The largest absolute Gasteiger partial charge is 0.508 e. The quantitative estimate of drug-likeness (QED) is 0.107. The van der Waals surface area contributed by atoms with Gasteiger partial charge in [0, 0.05) is 37.9 Å². The molecule has 3 fully saturated rings. The van der Waals surface area contributed by atoms with Crippen molar-refractivity contribution in [3.8, 4) is 16.3 Å². The lowest BCUT2D eigenvalue weighted by Crippen LogP contribution is -2.49. The lowest BCUT2D eigenvalue weighted by atomic mass is 9.51. The lowest BCUT2D eigenvalue weighted by molar-refractivity contribution is -0.131. The van der Waals surface area contributed by atoms with Crippen molar-refractivity contribution in [3.63, 3.8) is 0 Å². The first-order valence-electron chi connectivity index (χ1n) is 18.5. The minimum absolute atomic E-state index is 0.00791. The highest BCUT2D eigenvalue weighted by molar-refractivity contribution is 14.1. The number of imide groups is 2. The number of hydrogen-bond donors (Lipinski definition) is 1. The van der Waals surface area contributed by atoms with Crippen molar-refractivity contribution in [2.75, 3.05) is 9.80 Å². The molecule has 2 saturated heterocycles. The summed E-state index contributed by atoms with van der Waals surface area (Å²) >= 11 is 10.1. The number of halogens is 2. The molecule has 280 valence electrons. The third-order valence-corrected chi connectivity index (χ3v) is 15.1. The van der Waals surface area contributed by atoms with Crippen molar-refractivity contribution in [1.82, 2.24) is 9.78 Å². The van der Waals surface area contributed by atoms with E-state index in [1.54, 1.807) is 47.3 Å². The number of allylic oxidation sites excluding steroid dienone is 2. The molecule has 4 aliphatic rings. The van der Waals surface area contributed by atoms with Crippen LogP contribution < -0.4 is 9.80 Å². The van der Waals surface area contributed by atoms with E-state index in [0.717, 1.165) is 40.4 Å². The number of phenols is 1. The monoisotopic (exact) mass is 892 g/mol. The van der Waals surface area contributed by atoms with Crippen molar-refractivity contribution in [2.24, 2.45) is 36.1 Å². The second kappa shape index (κ2) is 12.6. The van der Waals surface area contributed by atoms with Crippen LogP contribution in [0.15, 0.2) is 96.6 Å². The number of amides is 4. The smallest absolute Gasteiger partial charge is 0.242 e. The van der Waals surface area contributed by atoms with Crippen LogP contribution in [0.5, 0.6) is 5.75 Å². The van der Waals surface area contributed by atoms with Gasteiger partial charge in [0.1, 0.15) is 17.3 Å². The molecular weight excluding hydrogens is 859 g/mol. The van der Waals surface area contributed by atoms with Gasteiger partial charge in [-0.25, -0.2) is 4.90 Å². The molecule has 0 unspecified atom stereocenters. The molecule has 0 radical (unpaired) electrons. The number of phenolic OH excluding ortho intramolecular Hbond substituents is 1. The zero-order valence-corrected chi connectivity index (χ0v) is 34.2. The number of aryl methyl sites for hydroxylation is 2. The van der Waals surface area contributed by atoms with Crippen LogP contribution in [0.2, 0.25) is 5.02 Å². The van der Waals surface area contributed by atoms with E-state index in [9.17, 15) is 14.7 Å². The van der Waals surface area contributed by atoms with Crippen LogP contribution in [-0.2, 0) is 26.2 Å².